The van der Waals surface area contributed by atoms with E-state index in [1.165, 1.54) is 23.5 Å². The number of nitrogens with one attached hydrogen (secondary N) is 2. The topological polar surface area (TPSA) is 57.3 Å². The van der Waals surface area contributed by atoms with E-state index in [4.69, 9.17) is 0 Å². The number of aromatic nitrogens is 1. The average Bonchev–Trinajstić information content (AvgIpc) is 3.05. The van der Waals surface area contributed by atoms with Crippen LogP contribution >= 0.6 is 27.3 Å². The van der Waals surface area contributed by atoms with Gasteiger partial charge in [-0.2, -0.15) is 0 Å². The lowest BCUT2D eigenvalue weighted by Gasteiger charge is -2.29. The van der Waals surface area contributed by atoms with Crippen molar-refractivity contribution in [3.63, 3.8) is 0 Å². The van der Waals surface area contributed by atoms with Crippen LogP contribution in [0.15, 0.2) is 34.8 Å². The second kappa shape index (κ2) is 7.49. The molecule has 1 aromatic heterocycles. The van der Waals surface area contributed by atoms with Gasteiger partial charge in [-0.1, -0.05) is 17.4 Å². The van der Waals surface area contributed by atoms with Crippen LogP contribution in [-0.2, 0) is 0 Å². The van der Waals surface area contributed by atoms with Gasteiger partial charge in [0.1, 0.15) is 17.2 Å². The molecule has 1 aliphatic rings. The molecule has 1 saturated heterocycles. The van der Waals surface area contributed by atoms with Crippen molar-refractivity contribution in [2.75, 3.05) is 36.4 Å². The summed E-state index contributed by atoms with van der Waals surface area (Å²) in [5, 5.41) is 5.97. The molecule has 0 spiro atoms. The third-order valence-electron chi connectivity index (χ3n) is 4.33. The van der Waals surface area contributed by atoms with E-state index in [1.54, 1.807) is 0 Å². The average molecular weight is 453 g/mol. The molecule has 1 fully saturated rings. The Morgan fingerprint density at radius 3 is 2.59 bits per heavy atom. The molecular weight excluding hydrogens is 438 g/mol. The Morgan fingerprint density at radius 2 is 1.93 bits per heavy atom. The Morgan fingerprint density at radius 1 is 1.22 bits per heavy atom. The quantitative estimate of drug-likeness (QED) is 0.630. The Hall–Kier alpha value is -2.10. The highest BCUT2D eigenvalue weighted by molar-refractivity contribution is 9.10. The summed E-state index contributed by atoms with van der Waals surface area (Å²) in [5.74, 6) is -2.63. The van der Waals surface area contributed by atoms with Crippen molar-refractivity contribution < 1.29 is 13.6 Å². The van der Waals surface area contributed by atoms with Crippen LogP contribution in [0.1, 0.15) is 10.4 Å². The summed E-state index contributed by atoms with van der Waals surface area (Å²) in [7, 11) is 0. The lowest BCUT2D eigenvalue weighted by molar-refractivity contribution is 0.101. The number of thiazole rings is 1. The highest BCUT2D eigenvalue weighted by Gasteiger charge is 2.22. The van der Waals surface area contributed by atoms with Gasteiger partial charge in [0, 0.05) is 36.3 Å². The van der Waals surface area contributed by atoms with Gasteiger partial charge < -0.3 is 10.2 Å². The van der Waals surface area contributed by atoms with Crippen LogP contribution in [-0.4, -0.2) is 37.1 Å². The number of hydrogen-bond acceptors (Lipinski definition) is 5. The fourth-order valence-electron chi connectivity index (χ4n) is 3.01. The molecule has 5 nitrogen and oxygen atoms in total. The molecule has 0 radical (unpaired) electrons. The number of hydrogen-bond donors (Lipinski definition) is 2. The van der Waals surface area contributed by atoms with Gasteiger partial charge in [0.15, 0.2) is 5.13 Å². The molecule has 1 aliphatic heterocycles. The molecule has 0 atom stereocenters. The summed E-state index contributed by atoms with van der Waals surface area (Å²) in [6, 6.07) is 7.96. The second-order valence-corrected chi connectivity index (χ2v) is 7.97. The van der Waals surface area contributed by atoms with Gasteiger partial charge in [0.25, 0.3) is 5.91 Å². The van der Waals surface area contributed by atoms with E-state index in [2.05, 4.69) is 31.5 Å². The molecular formula is C18H15BrF2N4OS. The van der Waals surface area contributed by atoms with Gasteiger partial charge in [0.05, 0.1) is 10.2 Å². The van der Waals surface area contributed by atoms with Gasteiger partial charge >= 0.3 is 0 Å². The number of benzene rings is 2. The summed E-state index contributed by atoms with van der Waals surface area (Å²) in [6.07, 6.45) is 0. The number of halogens is 3. The van der Waals surface area contributed by atoms with Gasteiger partial charge in [-0.3, -0.25) is 10.1 Å². The molecule has 0 bridgehead atoms. The van der Waals surface area contributed by atoms with Gasteiger partial charge in [-0.15, -0.1) is 0 Å². The SMILES string of the molecule is O=C(Nc1nc2c(Br)cccc2s1)c1c(F)cc(N2CCNCC2)cc1F. The van der Waals surface area contributed by atoms with E-state index < -0.39 is 23.1 Å². The van der Waals surface area contributed by atoms with Crippen molar-refractivity contribution in [3.05, 3.63) is 52.0 Å². The van der Waals surface area contributed by atoms with Crippen molar-refractivity contribution in [1.82, 2.24) is 10.3 Å². The van der Waals surface area contributed by atoms with E-state index in [0.717, 1.165) is 22.3 Å². The van der Waals surface area contributed by atoms with E-state index in [0.29, 0.717) is 24.3 Å². The number of carbonyl (C=O) groups excluding carboxylic acids is 1. The first-order valence-electron chi connectivity index (χ1n) is 8.34. The minimum atomic E-state index is -0.886. The Balaban J connectivity index is 1.60. The first-order chi connectivity index (χ1) is 13.0. The molecule has 1 amide bonds. The zero-order chi connectivity index (χ0) is 19.0. The summed E-state index contributed by atoms with van der Waals surface area (Å²) < 4.78 is 30.7. The molecule has 0 aliphatic carbocycles. The van der Waals surface area contributed by atoms with Crippen molar-refractivity contribution in [3.8, 4) is 0 Å². The number of nitrogens with zero attached hydrogens (tertiary/aromatic N) is 2. The molecule has 2 heterocycles. The lowest BCUT2D eigenvalue weighted by atomic mass is 10.1. The number of amides is 1. The zero-order valence-corrected chi connectivity index (χ0v) is 16.5. The largest absolute Gasteiger partial charge is 0.369 e. The van der Waals surface area contributed by atoms with Gasteiger partial charge in [-0.25, -0.2) is 13.8 Å². The van der Waals surface area contributed by atoms with Crippen LogP contribution in [0.3, 0.4) is 0 Å². The number of para-hydroxylation sites is 1. The highest BCUT2D eigenvalue weighted by Crippen LogP contribution is 2.31. The number of rotatable bonds is 3. The normalized spacial score (nSPS) is 14.6. The summed E-state index contributed by atoms with van der Waals surface area (Å²) in [5.41, 5.74) is 0.520. The van der Waals surface area contributed by atoms with Crippen molar-refractivity contribution in [1.29, 1.82) is 0 Å². The van der Waals surface area contributed by atoms with Crippen molar-refractivity contribution >= 4 is 54.2 Å². The molecule has 2 aromatic carbocycles. The van der Waals surface area contributed by atoms with E-state index >= 15 is 0 Å². The van der Waals surface area contributed by atoms with Crippen LogP contribution in [0.5, 0.6) is 0 Å². The van der Waals surface area contributed by atoms with E-state index in [-0.39, 0.29) is 5.13 Å². The third kappa shape index (κ3) is 3.67. The lowest BCUT2D eigenvalue weighted by Crippen LogP contribution is -2.43. The van der Waals surface area contributed by atoms with Gasteiger partial charge in [-0.05, 0) is 40.2 Å². The van der Waals surface area contributed by atoms with Crippen LogP contribution in [0.25, 0.3) is 10.2 Å². The maximum absolute atomic E-state index is 14.5. The molecule has 140 valence electrons. The molecule has 4 rings (SSSR count). The van der Waals surface area contributed by atoms with Crippen molar-refractivity contribution in [2.45, 2.75) is 0 Å². The smallest absolute Gasteiger partial charge is 0.263 e. The Bertz CT molecular complexity index is 997. The predicted octanol–water partition coefficient (Wildman–Crippen LogP) is 4.00. The van der Waals surface area contributed by atoms with Crippen molar-refractivity contribution in [2.24, 2.45) is 0 Å². The first-order valence-corrected chi connectivity index (χ1v) is 9.95. The van der Waals surface area contributed by atoms with Gasteiger partial charge in [0.2, 0.25) is 0 Å². The number of anilines is 2. The maximum Gasteiger partial charge on any atom is 0.263 e. The summed E-state index contributed by atoms with van der Waals surface area (Å²) in [4.78, 5) is 18.6. The second-order valence-electron chi connectivity index (χ2n) is 6.08. The predicted molar refractivity (Wildman–Crippen MR) is 107 cm³/mol. The minimum Gasteiger partial charge on any atom is -0.369 e. The molecule has 0 unspecified atom stereocenters. The minimum absolute atomic E-state index is 0.284. The van der Waals surface area contributed by atoms with E-state index in [9.17, 15) is 13.6 Å². The molecule has 27 heavy (non-hydrogen) atoms. The molecule has 9 heteroatoms. The van der Waals surface area contributed by atoms with E-state index in [1.807, 2.05) is 23.1 Å². The zero-order valence-electron chi connectivity index (χ0n) is 14.1. The summed E-state index contributed by atoms with van der Waals surface area (Å²) >= 11 is 4.63. The monoisotopic (exact) mass is 452 g/mol. The third-order valence-corrected chi connectivity index (χ3v) is 5.90. The van der Waals surface area contributed by atoms with Crippen LogP contribution < -0.4 is 15.5 Å². The summed E-state index contributed by atoms with van der Waals surface area (Å²) in [6.45, 7) is 2.81. The Labute approximate surface area is 166 Å². The fourth-order valence-corrected chi connectivity index (χ4v) is 4.48. The molecule has 2 N–H and O–H groups in total. The molecule has 3 aromatic rings. The Kier molecular flexibility index (Phi) is 5.07. The fraction of sp³-hybridized carbons (Fsp3) is 0.222. The number of carbonyl (C=O) groups is 1. The van der Waals surface area contributed by atoms with Crippen LogP contribution in [0, 0.1) is 11.6 Å². The number of piperazine rings is 1. The van der Waals surface area contributed by atoms with Crippen LogP contribution in [0.4, 0.5) is 19.6 Å². The maximum atomic E-state index is 14.5. The standard InChI is InChI=1S/C18H15BrF2N4OS/c19-11-2-1-3-14-16(11)23-18(27-14)24-17(26)15-12(20)8-10(9-13(15)21)25-6-4-22-5-7-25/h1-3,8-9,22H,4-7H2,(H,23,24,26). The molecule has 0 saturated carbocycles. The highest BCUT2D eigenvalue weighted by atomic mass is 79.9. The number of fused-ring (bicyclic) bond motifs is 1. The van der Waals surface area contributed by atoms with Crippen LogP contribution in [0.2, 0.25) is 0 Å². The first kappa shape index (κ1) is 18.3.